The molecular formula is C21H19ClN4O3. The number of benzene rings is 2. The minimum atomic E-state index is -0.221. The molecule has 0 unspecified atom stereocenters. The second kappa shape index (κ2) is 9.22. The fraction of sp³-hybridized carbons (Fsp3) is 0.238. The Labute approximate surface area is 173 Å². The summed E-state index contributed by atoms with van der Waals surface area (Å²) in [5.41, 5.74) is 1.16. The molecule has 0 aliphatic carbocycles. The maximum Gasteiger partial charge on any atom is 0.261 e. The average Bonchev–Trinajstić information content (AvgIpc) is 3.19. The van der Waals surface area contributed by atoms with E-state index < -0.39 is 0 Å². The Balaban J connectivity index is 1.66. The molecule has 1 amide bonds. The SMILES string of the molecule is CC(C)N(Cc1nnc(-c2ccccc2Cl)o1)C(=O)COc1ccc(C#N)cc1. The molecule has 148 valence electrons. The second-order valence-electron chi connectivity index (χ2n) is 6.52. The third-order valence-corrected chi connectivity index (χ3v) is 4.50. The van der Waals surface area contributed by atoms with E-state index in [-0.39, 0.29) is 25.1 Å². The molecule has 0 saturated carbocycles. The summed E-state index contributed by atoms with van der Waals surface area (Å²) < 4.78 is 11.2. The van der Waals surface area contributed by atoms with Crippen molar-refractivity contribution >= 4 is 17.5 Å². The van der Waals surface area contributed by atoms with Gasteiger partial charge in [0, 0.05) is 6.04 Å². The van der Waals surface area contributed by atoms with Crippen molar-refractivity contribution in [3.63, 3.8) is 0 Å². The van der Waals surface area contributed by atoms with E-state index in [0.29, 0.717) is 33.7 Å². The molecule has 0 fully saturated rings. The Kier molecular flexibility index (Phi) is 6.47. The molecule has 0 aliphatic heterocycles. The Morgan fingerprint density at radius 3 is 2.59 bits per heavy atom. The first-order valence-corrected chi connectivity index (χ1v) is 9.35. The molecule has 2 aromatic carbocycles. The van der Waals surface area contributed by atoms with Crippen molar-refractivity contribution in [3.8, 4) is 23.3 Å². The van der Waals surface area contributed by atoms with Gasteiger partial charge in [-0.2, -0.15) is 5.26 Å². The van der Waals surface area contributed by atoms with E-state index in [4.69, 9.17) is 26.0 Å². The molecule has 0 radical (unpaired) electrons. The topological polar surface area (TPSA) is 92.2 Å². The highest BCUT2D eigenvalue weighted by Crippen LogP contribution is 2.26. The first-order chi connectivity index (χ1) is 14.0. The van der Waals surface area contributed by atoms with E-state index >= 15 is 0 Å². The Morgan fingerprint density at radius 2 is 1.93 bits per heavy atom. The molecule has 3 aromatic rings. The van der Waals surface area contributed by atoms with Gasteiger partial charge < -0.3 is 14.1 Å². The predicted octanol–water partition coefficient (Wildman–Crippen LogP) is 4.08. The van der Waals surface area contributed by atoms with Crippen LogP contribution >= 0.6 is 11.6 Å². The number of carbonyl (C=O) groups is 1. The lowest BCUT2D eigenvalue weighted by Crippen LogP contribution is -2.39. The van der Waals surface area contributed by atoms with E-state index in [0.717, 1.165) is 0 Å². The first kappa shape index (κ1) is 20.4. The van der Waals surface area contributed by atoms with Gasteiger partial charge in [0.15, 0.2) is 6.61 Å². The van der Waals surface area contributed by atoms with Crippen molar-refractivity contribution in [2.24, 2.45) is 0 Å². The maximum absolute atomic E-state index is 12.7. The molecule has 0 saturated heterocycles. The van der Waals surface area contributed by atoms with Crippen molar-refractivity contribution in [2.45, 2.75) is 26.4 Å². The normalized spacial score (nSPS) is 10.6. The van der Waals surface area contributed by atoms with Crippen LogP contribution in [0.2, 0.25) is 5.02 Å². The van der Waals surface area contributed by atoms with Crippen LogP contribution in [0.15, 0.2) is 52.9 Å². The van der Waals surface area contributed by atoms with Crippen molar-refractivity contribution in [2.75, 3.05) is 6.61 Å². The van der Waals surface area contributed by atoms with Crippen molar-refractivity contribution in [1.29, 1.82) is 5.26 Å². The molecule has 0 spiro atoms. The summed E-state index contributed by atoms with van der Waals surface area (Å²) in [5, 5.41) is 17.4. The Bertz CT molecular complexity index is 1020. The largest absolute Gasteiger partial charge is 0.484 e. The monoisotopic (exact) mass is 410 g/mol. The van der Waals surface area contributed by atoms with Crippen LogP contribution in [-0.4, -0.2) is 33.7 Å². The van der Waals surface area contributed by atoms with Crippen LogP contribution < -0.4 is 4.74 Å². The number of ether oxygens (including phenoxy) is 1. The van der Waals surface area contributed by atoms with E-state index in [9.17, 15) is 4.79 Å². The van der Waals surface area contributed by atoms with Crippen LogP contribution in [0.4, 0.5) is 0 Å². The average molecular weight is 411 g/mol. The van der Waals surface area contributed by atoms with Crippen molar-refractivity contribution in [1.82, 2.24) is 15.1 Å². The zero-order valence-electron chi connectivity index (χ0n) is 16.0. The summed E-state index contributed by atoms with van der Waals surface area (Å²) in [6.07, 6.45) is 0. The minimum Gasteiger partial charge on any atom is -0.484 e. The van der Waals surface area contributed by atoms with Gasteiger partial charge in [-0.05, 0) is 50.2 Å². The van der Waals surface area contributed by atoms with Gasteiger partial charge in [-0.1, -0.05) is 23.7 Å². The number of aromatic nitrogens is 2. The molecule has 8 heteroatoms. The summed E-state index contributed by atoms with van der Waals surface area (Å²) in [6, 6.07) is 15.7. The van der Waals surface area contributed by atoms with Crippen LogP contribution in [0.3, 0.4) is 0 Å². The number of halogens is 1. The smallest absolute Gasteiger partial charge is 0.261 e. The number of nitriles is 1. The van der Waals surface area contributed by atoms with Crippen LogP contribution in [0.25, 0.3) is 11.5 Å². The second-order valence-corrected chi connectivity index (χ2v) is 6.93. The fourth-order valence-corrected chi connectivity index (χ4v) is 2.84. The number of carbonyl (C=O) groups excluding carboxylic acids is 1. The van der Waals surface area contributed by atoms with Gasteiger partial charge in [0.25, 0.3) is 5.91 Å². The van der Waals surface area contributed by atoms with Gasteiger partial charge in [-0.25, -0.2) is 0 Å². The molecular weight excluding hydrogens is 392 g/mol. The van der Waals surface area contributed by atoms with Gasteiger partial charge in [0.05, 0.1) is 28.8 Å². The summed E-state index contributed by atoms with van der Waals surface area (Å²) in [7, 11) is 0. The number of hydrogen-bond acceptors (Lipinski definition) is 6. The predicted molar refractivity (Wildman–Crippen MR) is 107 cm³/mol. The van der Waals surface area contributed by atoms with Gasteiger partial charge >= 0.3 is 0 Å². The number of nitrogens with zero attached hydrogens (tertiary/aromatic N) is 4. The minimum absolute atomic E-state index is 0.0947. The summed E-state index contributed by atoms with van der Waals surface area (Å²) >= 11 is 6.17. The highest BCUT2D eigenvalue weighted by atomic mass is 35.5. The third kappa shape index (κ3) is 5.12. The zero-order chi connectivity index (χ0) is 20.8. The highest BCUT2D eigenvalue weighted by Gasteiger charge is 2.21. The molecule has 7 nitrogen and oxygen atoms in total. The van der Waals surface area contributed by atoms with E-state index in [2.05, 4.69) is 10.2 Å². The summed E-state index contributed by atoms with van der Waals surface area (Å²) in [5.74, 6) is 0.901. The molecule has 0 aliphatic rings. The summed E-state index contributed by atoms with van der Waals surface area (Å²) in [4.78, 5) is 14.2. The van der Waals surface area contributed by atoms with Crippen LogP contribution in [0.1, 0.15) is 25.3 Å². The zero-order valence-corrected chi connectivity index (χ0v) is 16.8. The number of hydrogen-bond donors (Lipinski definition) is 0. The quantitative estimate of drug-likeness (QED) is 0.582. The van der Waals surface area contributed by atoms with Crippen molar-refractivity contribution < 1.29 is 13.9 Å². The third-order valence-electron chi connectivity index (χ3n) is 4.17. The molecule has 1 aromatic heterocycles. The van der Waals surface area contributed by atoms with Gasteiger partial charge in [-0.3, -0.25) is 4.79 Å². The van der Waals surface area contributed by atoms with E-state index in [1.165, 1.54) is 0 Å². The molecule has 0 bridgehead atoms. The van der Waals surface area contributed by atoms with E-state index in [1.807, 2.05) is 32.0 Å². The molecule has 29 heavy (non-hydrogen) atoms. The number of amides is 1. The van der Waals surface area contributed by atoms with Crippen LogP contribution in [-0.2, 0) is 11.3 Å². The molecule has 0 atom stereocenters. The van der Waals surface area contributed by atoms with Gasteiger partial charge in [-0.15, -0.1) is 10.2 Å². The highest BCUT2D eigenvalue weighted by molar-refractivity contribution is 6.33. The van der Waals surface area contributed by atoms with Crippen molar-refractivity contribution in [3.05, 3.63) is 65.0 Å². The standard InChI is InChI=1S/C21H19ClN4O3/c1-14(2)26(20(27)13-28-16-9-7-15(11-23)8-10-16)12-19-24-25-21(29-19)17-5-3-4-6-18(17)22/h3-10,14H,12-13H2,1-2H3. The molecule has 0 N–H and O–H groups in total. The van der Waals surface area contributed by atoms with Gasteiger partial charge in [0.2, 0.25) is 11.8 Å². The fourth-order valence-electron chi connectivity index (χ4n) is 2.62. The lowest BCUT2D eigenvalue weighted by molar-refractivity contribution is -0.136. The number of rotatable bonds is 7. The Hall–Kier alpha value is -3.37. The molecule has 3 rings (SSSR count). The summed E-state index contributed by atoms with van der Waals surface area (Å²) in [6.45, 7) is 3.80. The van der Waals surface area contributed by atoms with Crippen LogP contribution in [0, 0.1) is 11.3 Å². The lowest BCUT2D eigenvalue weighted by Gasteiger charge is -2.25. The first-order valence-electron chi connectivity index (χ1n) is 8.97. The van der Waals surface area contributed by atoms with E-state index in [1.54, 1.807) is 41.3 Å². The maximum atomic E-state index is 12.7. The molecule has 1 heterocycles. The van der Waals surface area contributed by atoms with Gasteiger partial charge in [0.1, 0.15) is 5.75 Å². The lowest BCUT2D eigenvalue weighted by atomic mass is 10.2. The Morgan fingerprint density at radius 1 is 1.21 bits per heavy atom. The van der Waals surface area contributed by atoms with Crippen LogP contribution in [0.5, 0.6) is 5.75 Å².